The molecular weight excluding hydrogens is 503 g/mol. The number of nitro benzene ring substituents is 1. The van der Waals surface area contributed by atoms with Gasteiger partial charge in [0.25, 0.3) is 11.6 Å². The fourth-order valence-corrected chi connectivity index (χ4v) is 4.73. The highest BCUT2D eigenvalue weighted by atomic mass is 35.5. The van der Waals surface area contributed by atoms with Crippen LogP contribution in [-0.4, -0.2) is 36.3 Å². The van der Waals surface area contributed by atoms with E-state index in [1.54, 1.807) is 30.3 Å². The minimum Gasteiger partial charge on any atom is -0.272 e. The first-order chi connectivity index (χ1) is 16.2. The fraction of sp³-hybridized carbons (Fsp3) is 0.0909. The van der Waals surface area contributed by atoms with Crippen LogP contribution in [0.15, 0.2) is 82.8 Å². The number of halogens is 2. The van der Waals surface area contributed by atoms with Crippen LogP contribution in [-0.2, 0) is 21.4 Å². The third-order valence-corrected chi connectivity index (χ3v) is 6.96. The molecule has 1 N–H and O–H groups in total. The molecule has 3 aromatic carbocycles. The summed E-state index contributed by atoms with van der Waals surface area (Å²) in [6.07, 6.45) is 1.29. The molecular formula is C22H18Cl2N4O5S. The van der Waals surface area contributed by atoms with Gasteiger partial charge in [-0.1, -0.05) is 47.5 Å². The number of benzene rings is 3. The summed E-state index contributed by atoms with van der Waals surface area (Å²) in [6, 6.07) is 17.9. The maximum absolute atomic E-state index is 13.2. The van der Waals surface area contributed by atoms with Crippen LogP contribution in [0.4, 0.5) is 5.69 Å². The lowest BCUT2D eigenvalue weighted by Crippen LogP contribution is -2.39. The Bertz CT molecular complexity index is 1320. The number of nitrogens with zero attached hydrogens (tertiary/aromatic N) is 3. The average molecular weight is 521 g/mol. The summed E-state index contributed by atoms with van der Waals surface area (Å²) in [5, 5.41) is 15.2. The second-order valence-corrected chi connectivity index (χ2v) is 9.75. The maximum Gasteiger partial charge on any atom is 0.269 e. The van der Waals surface area contributed by atoms with Gasteiger partial charge in [0, 0.05) is 28.7 Å². The summed E-state index contributed by atoms with van der Waals surface area (Å²) < 4.78 is 27.4. The van der Waals surface area contributed by atoms with Gasteiger partial charge in [0.1, 0.15) is 0 Å². The molecule has 0 unspecified atom stereocenters. The zero-order valence-electron chi connectivity index (χ0n) is 17.5. The molecule has 3 rings (SSSR count). The van der Waals surface area contributed by atoms with E-state index in [0.29, 0.717) is 16.1 Å². The zero-order chi connectivity index (χ0) is 24.7. The molecule has 0 saturated carbocycles. The number of rotatable bonds is 9. The van der Waals surface area contributed by atoms with Crippen molar-refractivity contribution in [2.24, 2.45) is 5.10 Å². The molecule has 0 spiro atoms. The van der Waals surface area contributed by atoms with E-state index in [4.69, 9.17) is 23.2 Å². The molecule has 0 aliphatic rings. The number of nitrogens with one attached hydrogen (secondary N) is 1. The summed E-state index contributed by atoms with van der Waals surface area (Å²) in [4.78, 5) is 22.7. The lowest BCUT2D eigenvalue weighted by molar-refractivity contribution is -0.384. The van der Waals surface area contributed by atoms with Crippen LogP contribution in [0.25, 0.3) is 0 Å². The molecule has 12 heteroatoms. The molecule has 176 valence electrons. The molecule has 0 fully saturated rings. The molecule has 3 aromatic rings. The quantitative estimate of drug-likeness (QED) is 0.256. The van der Waals surface area contributed by atoms with Crippen molar-refractivity contribution in [2.45, 2.75) is 11.4 Å². The second-order valence-electron chi connectivity index (χ2n) is 6.96. The van der Waals surface area contributed by atoms with Crippen LogP contribution in [0, 0.1) is 10.1 Å². The molecule has 9 nitrogen and oxygen atoms in total. The summed E-state index contributed by atoms with van der Waals surface area (Å²) in [6.45, 7) is -0.708. The Hall–Kier alpha value is -3.31. The Morgan fingerprint density at radius 3 is 2.35 bits per heavy atom. The molecule has 0 bridgehead atoms. The normalized spacial score (nSPS) is 11.6. The first-order valence-electron chi connectivity index (χ1n) is 9.72. The minimum atomic E-state index is -4.05. The number of hydrazone groups is 1. The summed E-state index contributed by atoms with van der Waals surface area (Å²) in [5.74, 6) is -0.692. The second kappa shape index (κ2) is 11.2. The van der Waals surface area contributed by atoms with Crippen molar-refractivity contribution in [3.05, 3.63) is 104 Å². The van der Waals surface area contributed by atoms with E-state index in [1.807, 2.05) is 0 Å². The highest BCUT2D eigenvalue weighted by Gasteiger charge is 2.27. The smallest absolute Gasteiger partial charge is 0.269 e. The van der Waals surface area contributed by atoms with E-state index >= 15 is 0 Å². The van der Waals surface area contributed by atoms with Gasteiger partial charge >= 0.3 is 0 Å². The van der Waals surface area contributed by atoms with Gasteiger partial charge in [-0.2, -0.15) is 9.41 Å². The van der Waals surface area contributed by atoms with Crippen LogP contribution in [0.3, 0.4) is 0 Å². The standard InChI is InChI=1S/C22H18Cl2N4O5S/c23-18-9-8-17(21(24)12-18)14-27(34(32,33)20-4-2-1-3-5-20)15-22(29)26-25-13-16-6-10-19(11-7-16)28(30)31/h1-13H,14-15H2,(H,26,29). The van der Waals surface area contributed by atoms with Crippen LogP contribution >= 0.6 is 23.2 Å². The molecule has 0 saturated heterocycles. The monoisotopic (exact) mass is 520 g/mol. The lowest BCUT2D eigenvalue weighted by atomic mass is 10.2. The van der Waals surface area contributed by atoms with Crippen molar-refractivity contribution in [1.82, 2.24) is 9.73 Å². The maximum atomic E-state index is 13.2. The van der Waals surface area contributed by atoms with Gasteiger partial charge in [-0.3, -0.25) is 14.9 Å². The lowest BCUT2D eigenvalue weighted by Gasteiger charge is -2.22. The molecule has 0 aliphatic heterocycles. The van der Waals surface area contributed by atoms with E-state index < -0.39 is 27.4 Å². The SMILES string of the molecule is O=C(CN(Cc1ccc(Cl)cc1Cl)S(=O)(=O)c1ccccc1)NN=Cc1ccc([N+](=O)[O-])cc1. The Morgan fingerprint density at radius 2 is 1.74 bits per heavy atom. The van der Waals surface area contributed by atoms with Gasteiger partial charge in [-0.15, -0.1) is 0 Å². The summed E-state index contributed by atoms with van der Waals surface area (Å²) in [7, 11) is -4.05. The number of nitro groups is 1. The third kappa shape index (κ3) is 6.61. The largest absolute Gasteiger partial charge is 0.272 e. The van der Waals surface area contributed by atoms with Crippen molar-refractivity contribution in [3.8, 4) is 0 Å². The van der Waals surface area contributed by atoms with Gasteiger partial charge in [-0.25, -0.2) is 13.8 Å². The average Bonchev–Trinajstić information content (AvgIpc) is 2.81. The molecule has 34 heavy (non-hydrogen) atoms. The van der Waals surface area contributed by atoms with Gasteiger partial charge in [-0.05, 0) is 47.5 Å². The van der Waals surface area contributed by atoms with Crippen molar-refractivity contribution in [2.75, 3.05) is 6.54 Å². The molecule has 0 aliphatic carbocycles. The van der Waals surface area contributed by atoms with Crippen LogP contribution in [0.2, 0.25) is 10.0 Å². The Kier molecular flexibility index (Phi) is 8.35. The van der Waals surface area contributed by atoms with Crippen molar-refractivity contribution < 1.29 is 18.1 Å². The topological polar surface area (TPSA) is 122 Å². The van der Waals surface area contributed by atoms with E-state index in [0.717, 1.165) is 4.31 Å². The number of carbonyl (C=O) groups is 1. The Morgan fingerprint density at radius 1 is 1.06 bits per heavy atom. The first kappa shape index (κ1) is 25.3. The number of amides is 1. The summed E-state index contributed by atoms with van der Waals surface area (Å²) in [5.41, 5.74) is 3.16. The molecule has 0 heterocycles. The number of hydrogen-bond donors (Lipinski definition) is 1. The van der Waals surface area contributed by atoms with E-state index in [1.165, 1.54) is 48.7 Å². The third-order valence-electron chi connectivity index (χ3n) is 4.57. The Balaban J connectivity index is 1.77. The number of hydrogen-bond acceptors (Lipinski definition) is 6. The molecule has 0 aromatic heterocycles. The van der Waals surface area contributed by atoms with E-state index in [9.17, 15) is 23.3 Å². The fourth-order valence-electron chi connectivity index (χ4n) is 2.86. The molecule has 1 amide bonds. The highest BCUT2D eigenvalue weighted by Crippen LogP contribution is 2.25. The van der Waals surface area contributed by atoms with Gasteiger partial charge in [0.2, 0.25) is 10.0 Å². The number of sulfonamides is 1. The van der Waals surface area contributed by atoms with Crippen molar-refractivity contribution >= 4 is 51.0 Å². The van der Waals surface area contributed by atoms with Crippen LogP contribution in [0.5, 0.6) is 0 Å². The molecule has 0 atom stereocenters. The predicted octanol–water partition coefficient (Wildman–Crippen LogP) is 4.24. The van der Waals surface area contributed by atoms with Gasteiger partial charge in [0.05, 0.1) is 22.6 Å². The van der Waals surface area contributed by atoms with Gasteiger partial charge in [0.15, 0.2) is 0 Å². The zero-order valence-corrected chi connectivity index (χ0v) is 19.8. The number of non-ortho nitro benzene ring substituents is 1. The van der Waals surface area contributed by atoms with E-state index in [-0.39, 0.29) is 22.2 Å². The Labute approximate surface area is 205 Å². The first-order valence-corrected chi connectivity index (χ1v) is 11.9. The minimum absolute atomic E-state index is 0.0160. The van der Waals surface area contributed by atoms with Gasteiger partial charge < -0.3 is 0 Å². The van der Waals surface area contributed by atoms with Crippen molar-refractivity contribution in [1.29, 1.82) is 0 Å². The predicted molar refractivity (Wildman–Crippen MR) is 129 cm³/mol. The highest BCUT2D eigenvalue weighted by molar-refractivity contribution is 7.89. The van der Waals surface area contributed by atoms with Crippen molar-refractivity contribution in [3.63, 3.8) is 0 Å². The van der Waals surface area contributed by atoms with Crippen LogP contribution in [0.1, 0.15) is 11.1 Å². The molecule has 0 radical (unpaired) electrons. The number of carbonyl (C=O) groups excluding carboxylic acids is 1. The van der Waals surface area contributed by atoms with Crippen LogP contribution < -0.4 is 5.43 Å². The summed E-state index contributed by atoms with van der Waals surface area (Å²) >= 11 is 12.1. The van der Waals surface area contributed by atoms with E-state index in [2.05, 4.69) is 10.5 Å².